The average Bonchev–Trinajstić information content (AvgIpc) is 2.48. The molecule has 0 aromatic heterocycles. The van der Waals surface area contributed by atoms with Gasteiger partial charge in [-0.3, -0.25) is 0 Å². The van der Waals surface area contributed by atoms with Gasteiger partial charge >= 0.3 is 9.28 Å². The summed E-state index contributed by atoms with van der Waals surface area (Å²) in [6.07, 6.45) is 0. The number of hydrogen-bond donors (Lipinski definition) is 1. The summed E-state index contributed by atoms with van der Waals surface area (Å²) >= 11 is 0. The Morgan fingerprint density at radius 3 is 2.00 bits per heavy atom. The Bertz CT molecular complexity index is 554. The fraction of sp³-hybridized carbons (Fsp3) is 0.250. The van der Waals surface area contributed by atoms with Gasteiger partial charge in [0.25, 0.3) is 0 Å². The molecule has 0 unspecified atom stereocenters. The Balaban J connectivity index is 2.47. The topological polar surface area (TPSA) is 44.5 Å². The van der Waals surface area contributed by atoms with Crippen LogP contribution < -0.4 is 10.9 Å². The van der Waals surface area contributed by atoms with Crippen molar-refractivity contribution in [3.05, 3.63) is 48.5 Å². The van der Waals surface area contributed by atoms with Crippen LogP contribution in [0.5, 0.6) is 0 Å². The third-order valence-electron chi connectivity index (χ3n) is 2.95. The van der Waals surface area contributed by atoms with E-state index >= 15 is 0 Å². The SMILES string of the molecule is CCO[Si](OCC)c1ccccc1-c1ccccc1N. The third-order valence-corrected chi connectivity index (χ3v) is 4.93. The van der Waals surface area contributed by atoms with Crippen molar-refractivity contribution in [1.82, 2.24) is 0 Å². The van der Waals surface area contributed by atoms with Gasteiger partial charge in [0.05, 0.1) is 0 Å². The van der Waals surface area contributed by atoms with E-state index in [2.05, 4.69) is 12.1 Å². The Kier molecular flexibility index (Phi) is 5.35. The van der Waals surface area contributed by atoms with Gasteiger partial charge < -0.3 is 14.6 Å². The summed E-state index contributed by atoms with van der Waals surface area (Å²) < 4.78 is 11.6. The summed E-state index contributed by atoms with van der Waals surface area (Å²) in [4.78, 5) is 0. The lowest BCUT2D eigenvalue weighted by molar-refractivity contribution is 0.225. The van der Waals surface area contributed by atoms with Crippen LogP contribution in [0.2, 0.25) is 0 Å². The molecule has 0 saturated carbocycles. The molecule has 2 N–H and O–H groups in total. The number of para-hydroxylation sites is 1. The molecular weight excluding hydrogens is 266 g/mol. The maximum absolute atomic E-state index is 6.10. The van der Waals surface area contributed by atoms with Crippen LogP contribution in [-0.4, -0.2) is 22.5 Å². The van der Waals surface area contributed by atoms with Crippen LogP contribution in [0.15, 0.2) is 48.5 Å². The van der Waals surface area contributed by atoms with Gasteiger partial charge in [-0.2, -0.15) is 0 Å². The quantitative estimate of drug-likeness (QED) is 0.656. The molecule has 2 aromatic rings. The predicted molar refractivity (Wildman–Crippen MR) is 84.9 cm³/mol. The summed E-state index contributed by atoms with van der Waals surface area (Å²) in [6, 6.07) is 16.1. The maximum Gasteiger partial charge on any atom is 0.424 e. The number of anilines is 1. The van der Waals surface area contributed by atoms with E-state index in [0.717, 1.165) is 22.0 Å². The zero-order valence-electron chi connectivity index (χ0n) is 11.9. The first-order chi connectivity index (χ1) is 9.77. The second-order valence-corrected chi connectivity index (χ2v) is 5.98. The summed E-state index contributed by atoms with van der Waals surface area (Å²) in [5.41, 5.74) is 9.00. The van der Waals surface area contributed by atoms with Gasteiger partial charge in [0, 0.05) is 29.7 Å². The van der Waals surface area contributed by atoms with E-state index < -0.39 is 9.28 Å². The molecule has 0 heterocycles. The van der Waals surface area contributed by atoms with Crippen molar-refractivity contribution in [1.29, 1.82) is 0 Å². The first-order valence-electron chi connectivity index (χ1n) is 6.84. The highest BCUT2D eigenvalue weighted by Crippen LogP contribution is 2.24. The number of nitrogens with two attached hydrogens (primary N) is 1. The minimum absolute atomic E-state index is 0.646. The number of rotatable bonds is 6. The van der Waals surface area contributed by atoms with Gasteiger partial charge in [-0.1, -0.05) is 42.5 Å². The Hall–Kier alpha value is -1.62. The van der Waals surface area contributed by atoms with Crippen molar-refractivity contribution in [2.75, 3.05) is 18.9 Å². The van der Waals surface area contributed by atoms with Crippen molar-refractivity contribution in [3.8, 4) is 11.1 Å². The van der Waals surface area contributed by atoms with Crippen LogP contribution in [0.1, 0.15) is 13.8 Å². The van der Waals surface area contributed by atoms with Crippen molar-refractivity contribution in [2.24, 2.45) is 0 Å². The molecule has 2 rings (SSSR count). The van der Waals surface area contributed by atoms with Crippen molar-refractivity contribution in [3.63, 3.8) is 0 Å². The van der Waals surface area contributed by atoms with Crippen LogP contribution in [0.3, 0.4) is 0 Å². The highest BCUT2D eigenvalue weighted by atomic mass is 28.3. The minimum Gasteiger partial charge on any atom is -0.398 e. The minimum atomic E-state index is -1.47. The number of nitrogen functional groups attached to an aromatic ring is 1. The van der Waals surface area contributed by atoms with Crippen LogP contribution in [0.25, 0.3) is 11.1 Å². The molecule has 1 radical (unpaired) electrons. The molecule has 0 spiro atoms. The highest BCUT2D eigenvalue weighted by Gasteiger charge is 2.22. The number of hydrogen-bond acceptors (Lipinski definition) is 3. The van der Waals surface area contributed by atoms with Gasteiger partial charge in [-0.15, -0.1) is 0 Å². The molecule has 105 valence electrons. The fourth-order valence-corrected chi connectivity index (χ4v) is 3.69. The van der Waals surface area contributed by atoms with Crippen LogP contribution in [0, 0.1) is 0 Å². The molecule has 0 aliphatic heterocycles. The zero-order chi connectivity index (χ0) is 14.4. The fourth-order valence-electron chi connectivity index (χ4n) is 2.10. The van der Waals surface area contributed by atoms with Crippen molar-refractivity contribution in [2.45, 2.75) is 13.8 Å². The van der Waals surface area contributed by atoms with E-state index in [9.17, 15) is 0 Å². The molecule has 4 heteroatoms. The van der Waals surface area contributed by atoms with E-state index in [1.54, 1.807) is 0 Å². The first kappa shape index (κ1) is 14.8. The standard InChI is InChI=1S/C16H20NO2Si/c1-3-18-20(19-4-2)16-12-8-6-10-14(16)13-9-5-7-11-15(13)17/h5-12H,3-4,17H2,1-2H3. The average molecular weight is 286 g/mol. The smallest absolute Gasteiger partial charge is 0.398 e. The highest BCUT2D eigenvalue weighted by molar-refractivity contribution is 6.63. The largest absolute Gasteiger partial charge is 0.424 e. The zero-order valence-corrected chi connectivity index (χ0v) is 12.9. The predicted octanol–water partition coefficient (Wildman–Crippen LogP) is 2.70. The molecule has 2 aromatic carbocycles. The Morgan fingerprint density at radius 1 is 0.850 bits per heavy atom. The molecule has 0 fully saturated rings. The Labute approximate surface area is 122 Å². The lowest BCUT2D eigenvalue weighted by atomic mass is 10.0. The lowest BCUT2D eigenvalue weighted by Gasteiger charge is -2.17. The normalized spacial score (nSPS) is 10.9. The van der Waals surface area contributed by atoms with Gasteiger partial charge in [-0.25, -0.2) is 0 Å². The van der Waals surface area contributed by atoms with E-state index in [1.165, 1.54) is 0 Å². The molecule has 20 heavy (non-hydrogen) atoms. The van der Waals surface area contributed by atoms with Gasteiger partial charge in [0.2, 0.25) is 0 Å². The number of benzene rings is 2. The summed E-state index contributed by atoms with van der Waals surface area (Å²) in [7, 11) is -1.47. The van der Waals surface area contributed by atoms with Gasteiger partial charge in [0.1, 0.15) is 0 Å². The van der Waals surface area contributed by atoms with Crippen molar-refractivity contribution < 1.29 is 8.85 Å². The first-order valence-corrected chi connectivity index (χ1v) is 8.16. The Morgan fingerprint density at radius 2 is 1.40 bits per heavy atom. The van der Waals surface area contributed by atoms with Crippen LogP contribution in [-0.2, 0) is 8.85 Å². The lowest BCUT2D eigenvalue weighted by Crippen LogP contribution is -2.38. The van der Waals surface area contributed by atoms with E-state index in [4.69, 9.17) is 14.6 Å². The molecule has 0 aliphatic rings. The molecular formula is C16H20NO2Si. The van der Waals surface area contributed by atoms with E-state index in [1.807, 2.05) is 50.2 Å². The summed E-state index contributed by atoms with van der Waals surface area (Å²) in [5, 5.41) is 1.11. The molecule has 0 saturated heterocycles. The maximum atomic E-state index is 6.10. The third kappa shape index (κ3) is 3.28. The molecule has 0 amide bonds. The molecule has 0 aliphatic carbocycles. The second kappa shape index (κ2) is 7.24. The molecule has 0 atom stereocenters. The van der Waals surface area contributed by atoms with Gasteiger partial charge in [0.15, 0.2) is 0 Å². The van der Waals surface area contributed by atoms with E-state index in [-0.39, 0.29) is 0 Å². The van der Waals surface area contributed by atoms with E-state index in [0.29, 0.717) is 13.2 Å². The summed E-state index contributed by atoms with van der Waals surface area (Å²) in [6.45, 7) is 5.27. The van der Waals surface area contributed by atoms with Crippen LogP contribution >= 0.6 is 0 Å². The van der Waals surface area contributed by atoms with Crippen LogP contribution in [0.4, 0.5) is 5.69 Å². The molecule has 3 nitrogen and oxygen atoms in total. The summed E-state index contributed by atoms with van der Waals surface area (Å²) in [5.74, 6) is 0. The van der Waals surface area contributed by atoms with Gasteiger partial charge in [-0.05, 0) is 25.5 Å². The second-order valence-electron chi connectivity index (χ2n) is 4.29. The van der Waals surface area contributed by atoms with Crippen molar-refractivity contribution >= 4 is 20.2 Å². The molecule has 0 bridgehead atoms. The monoisotopic (exact) mass is 286 g/mol.